The molecule has 1 atom stereocenters. The molecule has 6 heteroatoms. The highest BCUT2D eigenvalue weighted by Crippen LogP contribution is 2.45. The molecule has 17 heavy (non-hydrogen) atoms. The average Bonchev–Trinajstić information content (AvgIpc) is 2.36. The normalized spacial score (nSPS) is 12.1. The van der Waals surface area contributed by atoms with Gasteiger partial charge in [0.25, 0.3) is 0 Å². The summed E-state index contributed by atoms with van der Waals surface area (Å²) in [4.78, 5) is 0. The molecule has 0 spiro atoms. The third-order valence-electron chi connectivity index (χ3n) is 2.38. The molecule has 0 aliphatic rings. The van der Waals surface area contributed by atoms with Gasteiger partial charge in [-0.05, 0) is 0 Å². The summed E-state index contributed by atoms with van der Waals surface area (Å²) >= 11 is 6.05. The number of hydrogen-bond acceptors (Lipinski definition) is 5. The van der Waals surface area contributed by atoms with Gasteiger partial charge in [-0.25, -0.2) is 0 Å². The molecule has 0 fully saturated rings. The largest absolute Gasteiger partial charge is 0.495 e. The molecule has 0 aliphatic carbocycles. The lowest BCUT2D eigenvalue weighted by atomic mass is 10.0. The highest BCUT2D eigenvalue weighted by molar-refractivity contribution is 6.32. The quantitative estimate of drug-likeness (QED) is 0.837. The van der Waals surface area contributed by atoms with E-state index in [2.05, 4.69) is 0 Å². The Balaban J connectivity index is 3.52. The average molecular weight is 262 g/mol. The molecule has 0 radical (unpaired) electrons. The highest BCUT2D eigenvalue weighted by Gasteiger charge is 2.24. The second-order valence-electron chi connectivity index (χ2n) is 3.33. The van der Waals surface area contributed by atoms with Crippen LogP contribution in [0.15, 0.2) is 6.07 Å². The number of benzene rings is 1. The lowest BCUT2D eigenvalue weighted by Gasteiger charge is -2.20. The molecule has 1 aromatic rings. The molecular weight excluding hydrogens is 246 g/mol. The van der Waals surface area contributed by atoms with Gasteiger partial charge in [-0.3, -0.25) is 0 Å². The SMILES string of the molecule is COc1cc(Cl)c(OC)c(C(N)CO)c1OC. The maximum atomic E-state index is 9.16. The first-order valence-electron chi connectivity index (χ1n) is 4.95. The van der Waals surface area contributed by atoms with E-state index in [1.807, 2.05) is 0 Å². The standard InChI is InChI=1S/C11H16ClNO4/c1-15-8-4-6(12)10(16-2)9(7(13)5-14)11(8)17-3/h4,7,14H,5,13H2,1-3H3. The number of ether oxygens (including phenoxy) is 3. The van der Waals surface area contributed by atoms with Crippen LogP contribution in [0.2, 0.25) is 5.02 Å². The van der Waals surface area contributed by atoms with Crippen molar-refractivity contribution in [2.45, 2.75) is 6.04 Å². The molecule has 0 saturated heterocycles. The minimum absolute atomic E-state index is 0.254. The van der Waals surface area contributed by atoms with Crippen LogP contribution in [0.25, 0.3) is 0 Å². The van der Waals surface area contributed by atoms with Crippen LogP contribution in [0.4, 0.5) is 0 Å². The van der Waals surface area contributed by atoms with Gasteiger partial charge in [0.05, 0.1) is 44.6 Å². The van der Waals surface area contributed by atoms with Crippen molar-refractivity contribution >= 4 is 11.6 Å². The summed E-state index contributed by atoms with van der Waals surface area (Å²) < 4.78 is 15.6. The summed E-state index contributed by atoms with van der Waals surface area (Å²) in [6.07, 6.45) is 0. The fraction of sp³-hybridized carbons (Fsp3) is 0.455. The van der Waals surface area contributed by atoms with E-state index in [4.69, 9.17) is 36.7 Å². The molecule has 5 nitrogen and oxygen atoms in total. The number of halogens is 1. The van der Waals surface area contributed by atoms with Gasteiger partial charge >= 0.3 is 0 Å². The van der Waals surface area contributed by atoms with Crippen LogP contribution in [0.1, 0.15) is 11.6 Å². The Morgan fingerprint density at radius 1 is 1.24 bits per heavy atom. The summed E-state index contributed by atoms with van der Waals surface area (Å²) in [7, 11) is 4.45. The van der Waals surface area contributed by atoms with E-state index in [9.17, 15) is 0 Å². The Morgan fingerprint density at radius 3 is 2.24 bits per heavy atom. The van der Waals surface area contributed by atoms with Crippen LogP contribution in [-0.4, -0.2) is 33.0 Å². The summed E-state index contributed by atoms with van der Waals surface area (Å²) in [5, 5.41) is 9.51. The van der Waals surface area contributed by atoms with Gasteiger partial charge in [0, 0.05) is 6.07 Å². The van der Waals surface area contributed by atoms with E-state index in [0.29, 0.717) is 27.8 Å². The van der Waals surface area contributed by atoms with Gasteiger partial charge in [0.2, 0.25) is 0 Å². The van der Waals surface area contributed by atoms with Crippen molar-refractivity contribution in [2.24, 2.45) is 5.73 Å². The molecule has 1 unspecified atom stereocenters. The number of aliphatic hydroxyl groups is 1. The Hall–Kier alpha value is -1.17. The fourth-order valence-corrected chi connectivity index (χ4v) is 1.89. The van der Waals surface area contributed by atoms with Crippen LogP contribution >= 0.6 is 11.6 Å². The topological polar surface area (TPSA) is 73.9 Å². The van der Waals surface area contributed by atoms with Crippen molar-refractivity contribution in [1.82, 2.24) is 0 Å². The lowest BCUT2D eigenvalue weighted by Crippen LogP contribution is -2.17. The van der Waals surface area contributed by atoms with Crippen LogP contribution < -0.4 is 19.9 Å². The smallest absolute Gasteiger partial charge is 0.169 e. The zero-order valence-electron chi connectivity index (χ0n) is 9.99. The van der Waals surface area contributed by atoms with Crippen LogP contribution in [-0.2, 0) is 0 Å². The second-order valence-corrected chi connectivity index (χ2v) is 3.74. The van der Waals surface area contributed by atoms with E-state index in [-0.39, 0.29) is 6.61 Å². The third kappa shape index (κ3) is 2.57. The predicted octanol–water partition coefficient (Wildman–Crippen LogP) is 1.36. The maximum Gasteiger partial charge on any atom is 0.169 e. The molecule has 0 aliphatic heterocycles. The zero-order valence-corrected chi connectivity index (χ0v) is 10.7. The molecule has 0 amide bonds. The fourth-order valence-electron chi connectivity index (χ4n) is 1.61. The first kappa shape index (κ1) is 13.9. The minimum Gasteiger partial charge on any atom is -0.495 e. The van der Waals surface area contributed by atoms with Crippen LogP contribution in [0.5, 0.6) is 17.2 Å². The van der Waals surface area contributed by atoms with E-state index in [1.165, 1.54) is 21.3 Å². The zero-order chi connectivity index (χ0) is 13.0. The molecule has 1 aromatic carbocycles. The molecule has 96 valence electrons. The molecular formula is C11H16ClNO4. The van der Waals surface area contributed by atoms with Crippen molar-refractivity contribution in [2.75, 3.05) is 27.9 Å². The molecule has 0 bridgehead atoms. The van der Waals surface area contributed by atoms with Crippen LogP contribution in [0, 0.1) is 0 Å². The summed E-state index contributed by atoms with van der Waals surface area (Å²) in [5.74, 6) is 1.23. The Bertz CT molecular complexity index is 398. The summed E-state index contributed by atoms with van der Waals surface area (Å²) in [5.41, 5.74) is 6.30. The number of hydrogen-bond donors (Lipinski definition) is 2. The molecule has 0 aromatic heterocycles. The molecule has 0 heterocycles. The van der Waals surface area contributed by atoms with Crippen molar-refractivity contribution in [3.63, 3.8) is 0 Å². The second kappa shape index (κ2) is 5.95. The van der Waals surface area contributed by atoms with Gasteiger partial charge < -0.3 is 25.1 Å². The molecule has 1 rings (SSSR count). The van der Waals surface area contributed by atoms with Crippen LogP contribution in [0.3, 0.4) is 0 Å². The van der Waals surface area contributed by atoms with Crippen molar-refractivity contribution in [3.05, 3.63) is 16.7 Å². The van der Waals surface area contributed by atoms with Gasteiger partial charge in [-0.15, -0.1) is 0 Å². The van der Waals surface area contributed by atoms with Gasteiger partial charge in [-0.1, -0.05) is 11.6 Å². The first-order chi connectivity index (χ1) is 8.10. The van der Waals surface area contributed by atoms with Gasteiger partial charge in [0.15, 0.2) is 11.5 Å². The lowest BCUT2D eigenvalue weighted by molar-refractivity contribution is 0.258. The number of rotatable bonds is 5. The maximum absolute atomic E-state index is 9.16. The van der Waals surface area contributed by atoms with E-state index in [0.717, 1.165) is 0 Å². The van der Waals surface area contributed by atoms with Gasteiger partial charge in [0.1, 0.15) is 5.75 Å². The molecule has 0 saturated carbocycles. The highest BCUT2D eigenvalue weighted by atomic mass is 35.5. The van der Waals surface area contributed by atoms with Crippen molar-refractivity contribution in [1.29, 1.82) is 0 Å². The predicted molar refractivity (Wildman–Crippen MR) is 65.1 cm³/mol. The Kier molecular flexibility index (Phi) is 4.86. The minimum atomic E-state index is -0.660. The number of nitrogens with two attached hydrogens (primary N) is 1. The Labute approximate surface area is 105 Å². The monoisotopic (exact) mass is 261 g/mol. The summed E-state index contributed by atoms with van der Waals surface area (Å²) in [6, 6.07) is 0.916. The van der Waals surface area contributed by atoms with Gasteiger partial charge in [-0.2, -0.15) is 0 Å². The van der Waals surface area contributed by atoms with E-state index in [1.54, 1.807) is 6.07 Å². The van der Waals surface area contributed by atoms with Crippen molar-refractivity contribution in [3.8, 4) is 17.2 Å². The number of aliphatic hydroxyl groups excluding tert-OH is 1. The number of methoxy groups -OCH3 is 3. The third-order valence-corrected chi connectivity index (χ3v) is 2.66. The van der Waals surface area contributed by atoms with E-state index < -0.39 is 6.04 Å². The molecule has 3 N–H and O–H groups in total. The Morgan fingerprint density at radius 2 is 1.82 bits per heavy atom. The summed E-state index contributed by atoms with van der Waals surface area (Å²) in [6.45, 7) is -0.254. The first-order valence-corrected chi connectivity index (χ1v) is 5.33. The van der Waals surface area contributed by atoms with Crippen molar-refractivity contribution < 1.29 is 19.3 Å². The van der Waals surface area contributed by atoms with E-state index >= 15 is 0 Å².